The van der Waals surface area contributed by atoms with Crippen molar-refractivity contribution in [2.45, 2.75) is 24.8 Å². The van der Waals surface area contributed by atoms with E-state index in [0.29, 0.717) is 35.4 Å². The summed E-state index contributed by atoms with van der Waals surface area (Å²) in [5.41, 5.74) is 0.881. The average Bonchev–Trinajstić information content (AvgIpc) is 3.16. The molecular formula is C21H23F2N5O4S. The molecule has 3 rings (SSSR count). The highest BCUT2D eigenvalue weighted by Gasteiger charge is 2.13. The number of halogens is 2. The second kappa shape index (κ2) is 11.9. The van der Waals surface area contributed by atoms with Crippen molar-refractivity contribution < 1.29 is 27.8 Å². The highest BCUT2D eigenvalue weighted by Crippen LogP contribution is 2.20. The quantitative estimate of drug-likeness (QED) is 0.301. The molecule has 0 unspecified atom stereocenters. The molecule has 1 heterocycles. The fraction of sp³-hybridized carbons (Fsp3) is 0.286. The summed E-state index contributed by atoms with van der Waals surface area (Å²) >= 11 is 1.15. The van der Waals surface area contributed by atoms with Crippen LogP contribution in [0.25, 0.3) is 0 Å². The summed E-state index contributed by atoms with van der Waals surface area (Å²) in [6.45, 7) is -2.36. The Morgan fingerprint density at radius 1 is 1.15 bits per heavy atom. The van der Waals surface area contributed by atoms with Gasteiger partial charge in [0.25, 0.3) is 0 Å². The van der Waals surface area contributed by atoms with Crippen LogP contribution in [0.4, 0.5) is 8.78 Å². The zero-order valence-corrected chi connectivity index (χ0v) is 18.6. The molecule has 0 saturated carbocycles. The molecule has 12 heteroatoms. The van der Waals surface area contributed by atoms with E-state index in [1.807, 2.05) is 0 Å². The molecule has 0 aliphatic heterocycles. The minimum Gasteiger partial charge on any atom is -0.497 e. The summed E-state index contributed by atoms with van der Waals surface area (Å²) in [6, 6.07) is 13.4. The van der Waals surface area contributed by atoms with Crippen molar-refractivity contribution in [1.82, 2.24) is 20.2 Å². The Balaban J connectivity index is 1.39. The fourth-order valence-electron chi connectivity index (χ4n) is 2.71. The van der Waals surface area contributed by atoms with Gasteiger partial charge in [0.15, 0.2) is 5.82 Å². The monoisotopic (exact) mass is 479 g/mol. The smallest absolute Gasteiger partial charge is 0.387 e. The summed E-state index contributed by atoms with van der Waals surface area (Å²) in [5.74, 6) is 7.67. The number of ether oxygens (including phenoxy) is 3. The molecule has 0 fully saturated rings. The van der Waals surface area contributed by atoms with Crippen LogP contribution in [0.1, 0.15) is 11.4 Å². The van der Waals surface area contributed by atoms with Crippen molar-refractivity contribution in [1.29, 1.82) is 0 Å². The first-order valence-corrected chi connectivity index (χ1v) is 10.8. The fourth-order valence-corrected chi connectivity index (χ4v) is 3.41. The summed E-state index contributed by atoms with van der Waals surface area (Å²) in [5, 5.41) is 11.2. The van der Waals surface area contributed by atoms with E-state index in [2.05, 4.69) is 20.3 Å². The van der Waals surface area contributed by atoms with Crippen LogP contribution in [0.15, 0.2) is 53.7 Å². The second-order valence-electron chi connectivity index (χ2n) is 6.65. The number of nitrogens with one attached hydrogen (secondary N) is 1. The van der Waals surface area contributed by atoms with E-state index >= 15 is 0 Å². The number of hydrogen-bond acceptors (Lipinski definition) is 8. The molecule has 3 N–H and O–H groups in total. The third-order valence-electron chi connectivity index (χ3n) is 4.36. The number of nitrogens with two attached hydrogens (primary N) is 1. The lowest BCUT2D eigenvalue weighted by Gasteiger charge is -2.08. The highest BCUT2D eigenvalue weighted by molar-refractivity contribution is 7.99. The van der Waals surface area contributed by atoms with E-state index in [0.717, 1.165) is 17.3 Å². The van der Waals surface area contributed by atoms with Gasteiger partial charge in [0, 0.05) is 12.6 Å². The van der Waals surface area contributed by atoms with E-state index in [-0.39, 0.29) is 24.0 Å². The third kappa shape index (κ3) is 7.52. The number of carbonyl (C=O) groups is 1. The van der Waals surface area contributed by atoms with E-state index in [9.17, 15) is 13.6 Å². The molecule has 0 atom stereocenters. The summed E-state index contributed by atoms with van der Waals surface area (Å²) in [4.78, 5) is 12.1. The number of alkyl halides is 2. The second-order valence-corrected chi connectivity index (χ2v) is 7.59. The lowest BCUT2D eigenvalue weighted by atomic mass is 10.1. The predicted octanol–water partition coefficient (Wildman–Crippen LogP) is 2.63. The maximum absolute atomic E-state index is 12.2. The number of nitrogens with zero attached hydrogens (tertiary/aromatic N) is 3. The number of benzene rings is 2. The van der Waals surface area contributed by atoms with Crippen LogP contribution in [-0.2, 0) is 17.8 Å². The first kappa shape index (κ1) is 24.1. The summed E-state index contributed by atoms with van der Waals surface area (Å²) < 4.78 is 40.7. The molecule has 0 aliphatic rings. The molecule has 3 aromatic rings. The molecule has 2 aromatic carbocycles. The molecule has 1 amide bonds. The van der Waals surface area contributed by atoms with Crippen LogP contribution in [0, 0.1) is 0 Å². The van der Waals surface area contributed by atoms with Gasteiger partial charge in [-0.1, -0.05) is 30.0 Å². The van der Waals surface area contributed by atoms with Gasteiger partial charge in [-0.15, -0.1) is 10.2 Å². The van der Waals surface area contributed by atoms with Gasteiger partial charge in [0.05, 0.1) is 12.9 Å². The Hall–Kier alpha value is -3.54. The van der Waals surface area contributed by atoms with Crippen molar-refractivity contribution in [3.63, 3.8) is 0 Å². The maximum atomic E-state index is 12.2. The van der Waals surface area contributed by atoms with Gasteiger partial charge in [-0.3, -0.25) is 4.79 Å². The zero-order valence-electron chi connectivity index (χ0n) is 17.7. The predicted molar refractivity (Wildman–Crippen MR) is 118 cm³/mol. The summed E-state index contributed by atoms with van der Waals surface area (Å²) in [6.07, 6.45) is 0.546. The Labute approximate surface area is 193 Å². The van der Waals surface area contributed by atoms with E-state index in [4.69, 9.17) is 15.3 Å². The van der Waals surface area contributed by atoms with Gasteiger partial charge in [0.2, 0.25) is 11.1 Å². The Bertz CT molecular complexity index is 1050. The van der Waals surface area contributed by atoms with E-state index in [1.165, 1.54) is 16.8 Å². The standard InChI is InChI=1S/C21H23F2N5O4S/c1-30-16-3-2-4-17(11-16)31-12-18-26-27-21(28(18)24)33-13-19(29)25-10-9-14-5-7-15(8-6-14)32-20(22)23/h2-8,11,20H,9-10,12-13,24H2,1H3,(H,25,29). The highest BCUT2D eigenvalue weighted by atomic mass is 32.2. The zero-order chi connectivity index (χ0) is 23.6. The average molecular weight is 480 g/mol. The Morgan fingerprint density at radius 3 is 2.64 bits per heavy atom. The van der Waals surface area contributed by atoms with Crippen molar-refractivity contribution in [3.05, 3.63) is 59.9 Å². The number of hydrogen-bond donors (Lipinski definition) is 2. The number of methoxy groups -OCH3 is 1. The van der Waals surface area contributed by atoms with Gasteiger partial charge in [-0.2, -0.15) is 8.78 Å². The van der Waals surface area contributed by atoms with Crippen LogP contribution in [0.5, 0.6) is 17.2 Å². The lowest BCUT2D eigenvalue weighted by Crippen LogP contribution is -2.27. The van der Waals surface area contributed by atoms with E-state index < -0.39 is 6.61 Å². The maximum Gasteiger partial charge on any atom is 0.387 e. The molecular weight excluding hydrogens is 456 g/mol. The molecule has 176 valence electrons. The topological polar surface area (TPSA) is 114 Å². The molecule has 0 radical (unpaired) electrons. The number of aromatic nitrogens is 3. The first-order valence-electron chi connectivity index (χ1n) is 9.84. The van der Waals surface area contributed by atoms with Gasteiger partial charge in [-0.05, 0) is 36.2 Å². The van der Waals surface area contributed by atoms with Crippen molar-refractivity contribution in [2.75, 3.05) is 25.3 Å². The first-order chi connectivity index (χ1) is 15.9. The number of rotatable bonds is 12. The van der Waals surface area contributed by atoms with Crippen LogP contribution in [0.3, 0.4) is 0 Å². The molecule has 0 saturated heterocycles. The number of carbonyl (C=O) groups excluding carboxylic acids is 1. The minimum atomic E-state index is -2.86. The van der Waals surface area contributed by atoms with Crippen LogP contribution < -0.4 is 25.4 Å². The van der Waals surface area contributed by atoms with Crippen LogP contribution >= 0.6 is 11.8 Å². The number of amides is 1. The van der Waals surface area contributed by atoms with Crippen LogP contribution in [0.2, 0.25) is 0 Å². The van der Waals surface area contributed by atoms with Crippen molar-refractivity contribution in [2.24, 2.45) is 0 Å². The SMILES string of the molecule is COc1cccc(OCc2nnc(SCC(=O)NCCc3ccc(OC(F)F)cc3)n2N)c1. The lowest BCUT2D eigenvalue weighted by molar-refractivity contribution is -0.118. The van der Waals surface area contributed by atoms with Crippen LogP contribution in [-0.4, -0.2) is 46.8 Å². The molecule has 9 nitrogen and oxygen atoms in total. The minimum absolute atomic E-state index is 0.0911. The third-order valence-corrected chi connectivity index (χ3v) is 5.30. The van der Waals surface area contributed by atoms with Gasteiger partial charge >= 0.3 is 6.61 Å². The molecule has 33 heavy (non-hydrogen) atoms. The number of nitrogen functional groups attached to an aromatic ring is 1. The molecule has 0 aliphatic carbocycles. The van der Waals surface area contributed by atoms with Gasteiger partial charge in [-0.25, -0.2) is 4.68 Å². The van der Waals surface area contributed by atoms with E-state index in [1.54, 1.807) is 43.5 Å². The molecule has 1 aromatic heterocycles. The molecule has 0 spiro atoms. The molecule has 0 bridgehead atoms. The Kier molecular flexibility index (Phi) is 8.70. The Morgan fingerprint density at radius 2 is 1.91 bits per heavy atom. The largest absolute Gasteiger partial charge is 0.497 e. The van der Waals surface area contributed by atoms with Gasteiger partial charge in [0.1, 0.15) is 23.9 Å². The number of thioether (sulfide) groups is 1. The van der Waals surface area contributed by atoms with Gasteiger partial charge < -0.3 is 25.4 Å². The van der Waals surface area contributed by atoms with Crippen molar-refractivity contribution in [3.8, 4) is 17.2 Å². The van der Waals surface area contributed by atoms with Crippen molar-refractivity contribution >= 4 is 17.7 Å². The summed E-state index contributed by atoms with van der Waals surface area (Å²) in [7, 11) is 1.57. The normalized spacial score (nSPS) is 10.8.